The van der Waals surface area contributed by atoms with Gasteiger partial charge in [-0.25, -0.2) is 4.79 Å². The van der Waals surface area contributed by atoms with Crippen LogP contribution < -0.4 is 5.32 Å². The quantitative estimate of drug-likeness (QED) is 0.729. The summed E-state index contributed by atoms with van der Waals surface area (Å²) >= 11 is 0. The molecule has 0 aromatic heterocycles. The highest BCUT2D eigenvalue weighted by Crippen LogP contribution is 2.25. The lowest BCUT2D eigenvalue weighted by Gasteiger charge is -2.32. The predicted octanol–water partition coefficient (Wildman–Crippen LogP) is 2.62. The number of nitrogens with one attached hydrogen (secondary N) is 1. The Morgan fingerprint density at radius 2 is 2.00 bits per heavy atom. The summed E-state index contributed by atoms with van der Waals surface area (Å²) in [4.78, 5) is 14.1. The van der Waals surface area contributed by atoms with E-state index < -0.39 is 0 Å². The van der Waals surface area contributed by atoms with Crippen molar-refractivity contribution in [3.05, 3.63) is 0 Å². The van der Waals surface area contributed by atoms with Crippen LogP contribution >= 0.6 is 0 Å². The fourth-order valence-corrected chi connectivity index (χ4v) is 2.98. The molecule has 0 aromatic rings. The third kappa shape index (κ3) is 2.69. The van der Waals surface area contributed by atoms with Gasteiger partial charge in [0.05, 0.1) is 0 Å². The van der Waals surface area contributed by atoms with Gasteiger partial charge in [-0.3, -0.25) is 0 Å². The van der Waals surface area contributed by atoms with Gasteiger partial charge in [-0.2, -0.15) is 0 Å². The lowest BCUT2D eigenvalue weighted by Crippen LogP contribution is -2.48. The largest absolute Gasteiger partial charge is 0.335 e. The Kier molecular flexibility index (Phi) is 3.72. The number of carbonyl (C=O) groups is 1. The van der Waals surface area contributed by atoms with Gasteiger partial charge >= 0.3 is 6.03 Å². The van der Waals surface area contributed by atoms with Crippen molar-refractivity contribution in [2.24, 2.45) is 11.8 Å². The number of amides is 2. The van der Waals surface area contributed by atoms with Crippen LogP contribution in [0.2, 0.25) is 0 Å². The molecule has 16 heavy (non-hydrogen) atoms. The van der Waals surface area contributed by atoms with Crippen LogP contribution in [0, 0.1) is 11.8 Å². The molecule has 2 aliphatic rings. The van der Waals surface area contributed by atoms with E-state index >= 15 is 0 Å². The van der Waals surface area contributed by atoms with E-state index in [2.05, 4.69) is 19.2 Å². The zero-order chi connectivity index (χ0) is 11.5. The standard InChI is InChI=1S/C13H24N2O/c1-10-5-4-8-15(9-10)13(16)14-12-7-3-6-11(12)2/h10-12H,3-9H2,1-2H3,(H,14,16). The van der Waals surface area contributed by atoms with E-state index in [1.54, 1.807) is 0 Å². The second-order valence-corrected chi connectivity index (χ2v) is 5.66. The average molecular weight is 224 g/mol. The summed E-state index contributed by atoms with van der Waals surface area (Å²) in [7, 11) is 0. The van der Waals surface area contributed by atoms with Gasteiger partial charge < -0.3 is 10.2 Å². The maximum Gasteiger partial charge on any atom is 0.317 e. The zero-order valence-electron chi connectivity index (χ0n) is 10.5. The van der Waals surface area contributed by atoms with Crippen molar-refractivity contribution in [1.82, 2.24) is 10.2 Å². The molecule has 0 bridgehead atoms. The zero-order valence-corrected chi connectivity index (χ0v) is 10.5. The third-order valence-corrected chi connectivity index (χ3v) is 4.11. The summed E-state index contributed by atoms with van der Waals surface area (Å²) in [6.45, 7) is 6.36. The van der Waals surface area contributed by atoms with E-state index in [1.165, 1.54) is 19.3 Å². The number of hydrogen-bond donors (Lipinski definition) is 1. The summed E-state index contributed by atoms with van der Waals surface area (Å²) < 4.78 is 0. The summed E-state index contributed by atoms with van der Waals surface area (Å²) in [5.41, 5.74) is 0. The van der Waals surface area contributed by atoms with Crippen molar-refractivity contribution in [2.45, 2.75) is 52.0 Å². The molecule has 0 spiro atoms. The number of piperidine rings is 1. The van der Waals surface area contributed by atoms with Gasteiger partial charge in [0.1, 0.15) is 0 Å². The molecule has 1 saturated heterocycles. The number of carbonyl (C=O) groups excluding carboxylic acids is 1. The van der Waals surface area contributed by atoms with Gasteiger partial charge in [0, 0.05) is 19.1 Å². The predicted molar refractivity (Wildman–Crippen MR) is 65.3 cm³/mol. The highest BCUT2D eigenvalue weighted by atomic mass is 16.2. The number of hydrogen-bond acceptors (Lipinski definition) is 1. The Morgan fingerprint density at radius 3 is 2.62 bits per heavy atom. The first-order valence-electron chi connectivity index (χ1n) is 6.72. The molecule has 0 radical (unpaired) electrons. The molecule has 92 valence electrons. The molecule has 3 heteroatoms. The fraction of sp³-hybridized carbons (Fsp3) is 0.923. The lowest BCUT2D eigenvalue weighted by molar-refractivity contribution is 0.164. The first-order chi connectivity index (χ1) is 7.66. The minimum absolute atomic E-state index is 0.172. The normalized spacial score (nSPS) is 35.1. The molecule has 1 aliphatic carbocycles. The third-order valence-electron chi connectivity index (χ3n) is 4.11. The molecule has 1 aliphatic heterocycles. The summed E-state index contributed by atoms with van der Waals surface area (Å²) in [6, 6.07) is 0.593. The Labute approximate surface area is 98.6 Å². The van der Waals surface area contributed by atoms with Gasteiger partial charge in [0.25, 0.3) is 0 Å². The summed E-state index contributed by atoms with van der Waals surface area (Å²) in [5, 5.41) is 3.21. The van der Waals surface area contributed by atoms with Gasteiger partial charge in [0.2, 0.25) is 0 Å². The molecule has 0 aromatic carbocycles. The number of nitrogens with zero attached hydrogens (tertiary/aromatic N) is 1. The fourth-order valence-electron chi connectivity index (χ4n) is 2.98. The highest BCUT2D eigenvalue weighted by molar-refractivity contribution is 5.74. The Morgan fingerprint density at radius 1 is 1.19 bits per heavy atom. The Hall–Kier alpha value is -0.730. The highest BCUT2D eigenvalue weighted by Gasteiger charge is 2.28. The van der Waals surface area contributed by atoms with Crippen molar-refractivity contribution >= 4 is 6.03 Å². The van der Waals surface area contributed by atoms with E-state index in [9.17, 15) is 4.79 Å². The van der Waals surface area contributed by atoms with Crippen LogP contribution in [-0.2, 0) is 0 Å². The SMILES string of the molecule is CC1CCCN(C(=O)NC2CCCC2C)C1. The molecule has 3 nitrogen and oxygen atoms in total. The second kappa shape index (κ2) is 5.07. The van der Waals surface area contributed by atoms with Crippen molar-refractivity contribution < 1.29 is 4.79 Å². The molecule has 2 rings (SSSR count). The van der Waals surface area contributed by atoms with E-state index in [-0.39, 0.29) is 6.03 Å². The molecule has 2 fully saturated rings. The molecular weight excluding hydrogens is 200 g/mol. The molecule has 3 atom stereocenters. The van der Waals surface area contributed by atoms with Crippen molar-refractivity contribution in [1.29, 1.82) is 0 Å². The van der Waals surface area contributed by atoms with Crippen LogP contribution in [0.25, 0.3) is 0 Å². The topological polar surface area (TPSA) is 32.3 Å². The van der Waals surface area contributed by atoms with Crippen LogP contribution in [0.1, 0.15) is 46.0 Å². The number of likely N-dealkylation sites (tertiary alicyclic amines) is 1. The Balaban J connectivity index is 1.82. The van der Waals surface area contributed by atoms with Crippen LogP contribution in [0.5, 0.6) is 0 Å². The van der Waals surface area contributed by atoms with Gasteiger partial charge in [-0.15, -0.1) is 0 Å². The molecule has 2 amide bonds. The monoisotopic (exact) mass is 224 g/mol. The van der Waals surface area contributed by atoms with Crippen molar-refractivity contribution in [3.63, 3.8) is 0 Å². The summed E-state index contributed by atoms with van der Waals surface area (Å²) in [5.74, 6) is 1.33. The maximum atomic E-state index is 12.1. The minimum atomic E-state index is 0.172. The van der Waals surface area contributed by atoms with Crippen LogP contribution in [0.3, 0.4) is 0 Å². The summed E-state index contributed by atoms with van der Waals surface area (Å²) in [6.07, 6.45) is 6.12. The molecule has 1 N–H and O–H groups in total. The van der Waals surface area contributed by atoms with Gasteiger partial charge in [-0.05, 0) is 37.5 Å². The average Bonchev–Trinajstić information content (AvgIpc) is 2.64. The smallest absolute Gasteiger partial charge is 0.317 e. The van der Waals surface area contributed by atoms with Crippen molar-refractivity contribution in [3.8, 4) is 0 Å². The number of urea groups is 1. The van der Waals surface area contributed by atoms with Crippen LogP contribution in [-0.4, -0.2) is 30.1 Å². The van der Waals surface area contributed by atoms with E-state index in [0.29, 0.717) is 17.9 Å². The molecular formula is C13H24N2O. The Bertz CT molecular complexity index is 254. The minimum Gasteiger partial charge on any atom is -0.335 e. The molecule has 1 heterocycles. The number of rotatable bonds is 1. The molecule has 1 saturated carbocycles. The van der Waals surface area contributed by atoms with E-state index in [1.807, 2.05) is 4.90 Å². The molecule has 3 unspecified atom stereocenters. The van der Waals surface area contributed by atoms with Crippen molar-refractivity contribution in [2.75, 3.05) is 13.1 Å². The maximum absolute atomic E-state index is 12.1. The second-order valence-electron chi connectivity index (χ2n) is 5.66. The van der Waals surface area contributed by atoms with E-state index in [0.717, 1.165) is 25.9 Å². The van der Waals surface area contributed by atoms with Gasteiger partial charge in [0.15, 0.2) is 0 Å². The first-order valence-corrected chi connectivity index (χ1v) is 6.72. The first kappa shape index (κ1) is 11.7. The lowest BCUT2D eigenvalue weighted by atomic mass is 10.0. The van der Waals surface area contributed by atoms with Crippen LogP contribution in [0.4, 0.5) is 4.79 Å². The van der Waals surface area contributed by atoms with Gasteiger partial charge in [-0.1, -0.05) is 20.3 Å². The van der Waals surface area contributed by atoms with Crippen LogP contribution in [0.15, 0.2) is 0 Å². The van der Waals surface area contributed by atoms with E-state index in [4.69, 9.17) is 0 Å².